The number of ether oxygens (including phenoxy) is 1. The molecule has 1 aliphatic rings. The Morgan fingerprint density at radius 2 is 2.30 bits per heavy atom. The Hall–Kier alpha value is -1.59. The molecule has 0 aromatic carbocycles. The zero-order valence-electron chi connectivity index (χ0n) is 12.0. The molecule has 0 amide bonds. The number of morpholine rings is 1. The van der Waals surface area contributed by atoms with Crippen molar-refractivity contribution in [3.63, 3.8) is 0 Å². The van der Waals surface area contributed by atoms with Crippen LogP contribution in [-0.2, 0) is 18.3 Å². The third-order valence-corrected chi connectivity index (χ3v) is 3.99. The first kappa shape index (κ1) is 13.4. The lowest BCUT2D eigenvalue weighted by molar-refractivity contribution is -0.0118. The maximum Gasteiger partial charge on any atom is 0.0945 e. The fraction of sp³-hybridized carbons (Fsp3) is 0.533. The number of hydrogen-bond donors (Lipinski definition) is 0. The quantitative estimate of drug-likeness (QED) is 0.832. The molecule has 1 aliphatic heterocycles. The molecule has 0 unspecified atom stereocenters. The summed E-state index contributed by atoms with van der Waals surface area (Å²) < 4.78 is 10.0. The van der Waals surface area contributed by atoms with Crippen LogP contribution >= 0.6 is 0 Å². The van der Waals surface area contributed by atoms with Gasteiger partial charge in [0.15, 0.2) is 0 Å². The molecule has 1 atom stereocenters. The summed E-state index contributed by atoms with van der Waals surface area (Å²) in [4.78, 5) is 6.62. The predicted molar refractivity (Wildman–Crippen MR) is 77.4 cm³/mol. The molecular formula is C15H22N4O. The van der Waals surface area contributed by atoms with Gasteiger partial charge in [-0.2, -0.15) is 0 Å². The number of aromatic nitrogens is 3. The molecule has 0 radical (unpaired) electrons. The van der Waals surface area contributed by atoms with Crippen molar-refractivity contribution in [1.29, 1.82) is 0 Å². The Morgan fingerprint density at radius 1 is 1.35 bits per heavy atom. The van der Waals surface area contributed by atoms with Crippen LogP contribution in [0.4, 0.5) is 0 Å². The van der Waals surface area contributed by atoms with Crippen LogP contribution in [0.15, 0.2) is 37.1 Å². The highest BCUT2D eigenvalue weighted by Gasteiger charge is 2.25. The van der Waals surface area contributed by atoms with Gasteiger partial charge in [-0.05, 0) is 18.6 Å². The topological polar surface area (TPSA) is 35.2 Å². The lowest BCUT2D eigenvalue weighted by atomic mass is 10.1. The second-order valence-electron chi connectivity index (χ2n) is 5.32. The second-order valence-corrected chi connectivity index (χ2v) is 5.32. The Balaban J connectivity index is 1.59. The molecule has 0 saturated carbocycles. The van der Waals surface area contributed by atoms with Gasteiger partial charge in [-0.25, -0.2) is 4.98 Å². The molecule has 0 bridgehead atoms. The number of hydrogen-bond acceptors (Lipinski definition) is 3. The van der Waals surface area contributed by atoms with E-state index in [1.165, 1.54) is 5.69 Å². The molecule has 0 spiro atoms. The van der Waals surface area contributed by atoms with Crippen molar-refractivity contribution in [1.82, 2.24) is 19.0 Å². The van der Waals surface area contributed by atoms with Crippen LogP contribution in [0.25, 0.3) is 0 Å². The summed E-state index contributed by atoms with van der Waals surface area (Å²) in [5.41, 5.74) is 1.34. The molecule has 108 valence electrons. The predicted octanol–water partition coefficient (Wildman–Crippen LogP) is 1.69. The molecule has 5 nitrogen and oxygen atoms in total. The lowest BCUT2D eigenvalue weighted by Crippen LogP contribution is -2.41. The van der Waals surface area contributed by atoms with E-state index in [0.717, 1.165) is 39.3 Å². The minimum Gasteiger partial charge on any atom is -0.378 e. The summed E-state index contributed by atoms with van der Waals surface area (Å²) in [6.07, 6.45) is 8.98. The van der Waals surface area contributed by atoms with Crippen LogP contribution < -0.4 is 0 Å². The van der Waals surface area contributed by atoms with E-state index in [4.69, 9.17) is 4.74 Å². The van der Waals surface area contributed by atoms with Crippen LogP contribution in [0.3, 0.4) is 0 Å². The third-order valence-electron chi connectivity index (χ3n) is 3.99. The summed E-state index contributed by atoms with van der Waals surface area (Å²) in [7, 11) is 2.10. The van der Waals surface area contributed by atoms with Crippen molar-refractivity contribution in [2.24, 2.45) is 7.05 Å². The van der Waals surface area contributed by atoms with Crippen molar-refractivity contribution in [3.8, 4) is 0 Å². The van der Waals surface area contributed by atoms with Crippen LogP contribution in [0.1, 0.15) is 18.2 Å². The summed E-state index contributed by atoms with van der Waals surface area (Å²) in [5, 5.41) is 0. The summed E-state index contributed by atoms with van der Waals surface area (Å²) in [6, 6.07) is 4.68. The van der Waals surface area contributed by atoms with Gasteiger partial charge in [-0.1, -0.05) is 0 Å². The minimum absolute atomic E-state index is 0.381. The maximum absolute atomic E-state index is 5.67. The smallest absolute Gasteiger partial charge is 0.0945 e. The first-order chi connectivity index (χ1) is 9.84. The van der Waals surface area contributed by atoms with Crippen molar-refractivity contribution >= 4 is 0 Å². The fourth-order valence-electron chi connectivity index (χ4n) is 2.87. The van der Waals surface area contributed by atoms with Gasteiger partial charge < -0.3 is 13.9 Å². The van der Waals surface area contributed by atoms with Gasteiger partial charge in [0.2, 0.25) is 0 Å². The minimum atomic E-state index is 0.381. The zero-order valence-corrected chi connectivity index (χ0v) is 12.0. The van der Waals surface area contributed by atoms with Crippen LogP contribution in [0, 0.1) is 0 Å². The summed E-state index contributed by atoms with van der Waals surface area (Å²) >= 11 is 0. The largest absolute Gasteiger partial charge is 0.378 e. The summed E-state index contributed by atoms with van der Waals surface area (Å²) in [6.45, 7) is 4.77. The van der Waals surface area contributed by atoms with Crippen LogP contribution in [0.5, 0.6) is 0 Å². The number of nitrogens with zero attached hydrogens (tertiary/aromatic N) is 4. The number of imidazole rings is 1. The van der Waals surface area contributed by atoms with Crippen molar-refractivity contribution in [2.75, 3.05) is 26.3 Å². The van der Waals surface area contributed by atoms with E-state index in [0.29, 0.717) is 6.04 Å². The van der Waals surface area contributed by atoms with Gasteiger partial charge in [0.25, 0.3) is 0 Å². The van der Waals surface area contributed by atoms with Gasteiger partial charge in [0.05, 0.1) is 25.6 Å². The highest BCUT2D eigenvalue weighted by Crippen LogP contribution is 2.24. The van der Waals surface area contributed by atoms with Gasteiger partial charge in [0, 0.05) is 51.0 Å². The monoisotopic (exact) mass is 274 g/mol. The van der Waals surface area contributed by atoms with E-state index in [1.807, 2.05) is 18.7 Å². The van der Waals surface area contributed by atoms with Gasteiger partial charge in [-0.15, -0.1) is 0 Å². The van der Waals surface area contributed by atoms with E-state index < -0.39 is 0 Å². The van der Waals surface area contributed by atoms with Gasteiger partial charge in [0.1, 0.15) is 0 Å². The van der Waals surface area contributed by atoms with Gasteiger partial charge >= 0.3 is 0 Å². The average Bonchev–Trinajstić information content (AvgIpc) is 3.11. The summed E-state index contributed by atoms with van der Waals surface area (Å²) in [5.74, 6) is 0. The molecule has 2 aromatic rings. The van der Waals surface area contributed by atoms with Crippen LogP contribution in [0.2, 0.25) is 0 Å². The second kappa shape index (κ2) is 6.24. The van der Waals surface area contributed by atoms with E-state index >= 15 is 0 Å². The molecule has 1 saturated heterocycles. The molecule has 3 heterocycles. The van der Waals surface area contributed by atoms with Crippen molar-refractivity contribution in [3.05, 3.63) is 42.7 Å². The molecule has 5 heteroatoms. The Kier molecular flexibility index (Phi) is 4.18. The van der Waals surface area contributed by atoms with Crippen molar-refractivity contribution in [2.45, 2.75) is 19.0 Å². The molecular weight excluding hydrogens is 252 g/mol. The molecule has 1 fully saturated rings. The van der Waals surface area contributed by atoms with Gasteiger partial charge in [-0.3, -0.25) is 4.90 Å². The fourth-order valence-corrected chi connectivity index (χ4v) is 2.87. The Bertz CT molecular complexity index is 520. The van der Waals surface area contributed by atoms with E-state index in [-0.39, 0.29) is 0 Å². The molecule has 2 aromatic heterocycles. The average molecular weight is 274 g/mol. The van der Waals surface area contributed by atoms with Crippen molar-refractivity contribution < 1.29 is 4.74 Å². The first-order valence-corrected chi connectivity index (χ1v) is 7.23. The van der Waals surface area contributed by atoms with E-state index in [1.54, 1.807) is 0 Å². The Labute approximate surface area is 119 Å². The third kappa shape index (κ3) is 2.94. The zero-order chi connectivity index (χ0) is 13.8. The standard InChI is InChI=1S/C15H22N4O/c1-17-6-2-4-14(17)15-12-20-11-10-19(15)8-3-7-18-9-5-16-13-18/h2,4-6,9,13,15H,3,7-8,10-12H2,1H3/t15-/m1/s1. The molecule has 3 rings (SSSR count). The molecule has 0 aliphatic carbocycles. The van der Waals surface area contributed by atoms with Crippen LogP contribution in [-0.4, -0.2) is 45.3 Å². The number of aryl methyl sites for hydroxylation is 2. The van der Waals surface area contributed by atoms with E-state index in [9.17, 15) is 0 Å². The normalized spacial score (nSPS) is 20.4. The maximum atomic E-state index is 5.67. The van der Waals surface area contributed by atoms with E-state index in [2.05, 4.69) is 44.4 Å². The Morgan fingerprint density at radius 3 is 3.05 bits per heavy atom. The molecule has 0 N–H and O–H groups in total. The first-order valence-electron chi connectivity index (χ1n) is 7.23. The highest BCUT2D eigenvalue weighted by molar-refractivity contribution is 5.12. The highest BCUT2D eigenvalue weighted by atomic mass is 16.5. The number of rotatable bonds is 5. The SMILES string of the molecule is Cn1cccc1[C@H]1COCCN1CCCn1ccnc1. The molecule has 20 heavy (non-hydrogen) atoms. The lowest BCUT2D eigenvalue weighted by Gasteiger charge is -2.36.